The first kappa shape index (κ1) is 15.5. The van der Waals surface area contributed by atoms with Crippen molar-refractivity contribution in [3.05, 3.63) is 35.6 Å². The minimum Gasteiger partial charge on any atom is -0.341 e. The number of rotatable bonds is 3. The topological polar surface area (TPSA) is 23.6 Å². The van der Waals surface area contributed by atoms with Gasteiger partial charge in [-0.3, -0.25) is 9.69 Å². The van der Waals surface area contributed by atoms with Crippen molar-refractivity contribution in [3.8, 4) is 0 Å². The fraction of sp³-hybridized carbons (Fsp3) is 0.611. The van der Waals surface area contributed by atoms with Gasteiger partial charge in [-0.05, 0) is 55.8 Å². The highest BCUT2D eigenvalue weighted by Gasteiger charge is 2.30. The summed E-state index contributed by atoms with van der Waals surface area (Å²) in [6.07, 6.45) is 4.50. The van der Waals surface area contributed by atoms with E-state index >= 15 is 0 Å². The molecule has 2 fully saturated rings. The zero-order chi connectivity index (χ0) is 15.5. The largest absolute Gasteiger partial charge is 0.341 e. The van der Waals surface area contributed by atoms with Crippen LogP contribution in [0.25, 0.3) is 0 Å². The van der Waals surface area contributed by atoms with Gasteiger partial charge in [0.25, 0.3) is 0 Å². The van der Waals surface area contributed by atoms with Crippen molar-refractivity contribution < 1.29 is 9.18 Å². The van der Waals surface area contributed by atoms with E-state index in [0.29, 0.717) is 12.5 Å². The quantitative estimate of drug-likeness (QED) is 0.856. The average molecular weight is 304 g/mol. The van der Waals surface area contributed by atoms with Gasteiger partial charge in [-0.15, -0.1) is 0 Å². The Balaban J connectivity index is 1.63. The van der Waals surface area contributed by atoms with Gasteiger partial charge in [0, 0.05) is 19.1 Å². The summed E-state index contributed by atoms with van der Waals surface area (Å²) in [5.74, 6) is 0.663. The summed E-state index contributed by atoms with van der Waals surface area (Å²) in [6, 6.07) is 6.99. The van der Waals surface area contributed by atoms with Crippen molar-refractivity contribution in [1.29, 1.82) is 0 Å². The highest BCUT2D eigenvalue weighted by Crippen LogP contribution is 2.32. The third-order valence-electron chi connectivity index (χ3n) is 4.97. The Morgan fingerprint density at radius 1 is 1.18 bits per heavy atom. The molecule has 3 rings (SSSR count). The molecule has 0 N–H and O–H groups in total. The first-order chi connectivity index (χ1) is 10.6. The van der Waals surface area contributed by atoms with Crippen LogP contribution in [-0.4, -0.2) is 41.9 Å². The maximum Gasteiger partial charge on any atom is 0.236 e. The molecule has 1 aromatic carbocycles. The summed E-state index contributed by atoms with van der Waals surface area (Å²) in [6.45, 7) is 5.47. The minimum absolute atomic E-state index is 0.202. The number of benzene rings is 1. The summed E-state index contributed by atoms with van der Waals surface area (Å²) in [5, 5.41) is 0. The molecule has 0 radical (unpaired) electrons. The molecule has 0 saturated carbocycles. The molecular weight excluding hydrogens is 279 g/mol. The Bertz CT molecular complexity index is 516. The minimum atomic E-state index is -0.202. The highest BCUT2D eigenvalue weighted by atomic mass is 19.1. The molecule has 22 heavy (non-hydrogen) atoms. The van der Waals surface area contributed by atoms with Crippen molar-refractivity contribution in [2.45, 2.75) is 38.6 Å². The molecule has 4 heteroatoms. The second kappa shape index (κ2) is 6.78. The van der Waals surface area contributed by atoms with E-state index in [0.717, 1.165) is 44.5 Å². The maximum absolute atomic E-state index is 13.1. The summed E-state index contributed by atoms with van der Waals surface area (Å²) >= 11 is 0. The molecule has 1 aromatic rings. The van der Waals surface area contributed by atoms with Crippen molar-refractivity contribution >= 4 is 5.91 Å². The average Bonchev–Trinajstić information content (AvgIpc) is 2.96. The number of hydrogen-bond donors (Lipinski definition) is 0. The molecule has 0 aliphatic carbocycles. The number of carbonyl (C=O) groups excluding carboxylic acids is 1. The molecule has 2 saturated heterocycles. The standard InChI is InChI=1S/C18H25FN2O/c1-14-4-2-11-21(12-14)18(22)13-20-10-3-5-17(20)15-6-8-16(19)9-7-15/h6-9,14,17H,2-5,10-13H2,1H3/t14-,17-/m0/s1. The van der Waals surface area contributed by atoms with Gasteiger partial charge in [0.2, 0.25) is 5.91 Å². The molecule has 3 nitrogen and oxygen atoms in total. The molecule has 2 aliphatic heterocycles. The Kier molecular flexibility index (Phi) is 4.77. The molecule has 0 aromatic heterocycles. The first-order valence-corrected chi connectivity index (χ1v) is 8.41. The predicted octanol–water partition coefficient (Wildman–Crippen LogP) is 3.22. The van der Waals surface area contributed by atoms with Gasteiger partial charge >= 0.3 is 0 Å². The maximum atomic E-state index is 13.1. The van der Waals surface area contributed by atoms with Gasteiger partial charge in [-0.1, -0.05) is 19.1 Å². The lowest BCUT2D eigenvalue weighted by Crippen LogP contribution is -2.44. The molecule has 2 atom stereocenters. The fourth-order valence-corrected chi connectivity index (χ4v) is 3.77. The van der Waals surface area contributed by atoms with Gasteiger partial charge in [0.15, 0.2) is 0 Å². The van der Waals surface area contributed by atoms with Gasteiger partial charge in [-0.25, -0.2) is 4.39 Å². The SMILES string of the molecule is C[C@H]1CCCN(C(=O)CN2CCC[C@H]2c2ccc(F)cc2)C1. The van der Waals surface area contributed by atoms with E-state index < -0.39 is 0 Å². The summed E-state index contributed by atoms with van der Waals surface area (Å²) in [5.41, 5.74) is 1.12. The Morgan fingerprint density at radius 2 is 1.91 bits per heavy atom. The summed E-state index contributed by atoms with van der Waals surface area (Å²) in [4.78, 5) is 16.8. The van der Waals surface area contributed by atoms with Crippen molar-refractivity contribution in [2.24, 2.45) is 5.92 Å². The zero-order valence-electron chi connectivity index (χ0n) is 13.3. The first-order valence-electron chi connectivity index (χ1n) is 8.41. The van der Waals surface area contributed by atoms with E-state index in [-0.39, 0.29) is 17.8 Å². The van der Waals surface area contributed by atoms with E-state index in [9.17, 15) is 9.18 Å². The lowest BCUT2D eigenvalue weighted by Gasteiger charge is -2.33. The van der Waals surface area contributed by atoms with Crippen LogP contribution in [0.1, 0.15) is 44.2 Å². The number of amides is 1. The van der Waals surface area contributed by atoms with Crippen LogP contribution in [-0.2, 0) is 4.79 Å². The van der Waals surface area contributed by atoms with Crippen LogP contribution in [0.2, 0.25) is 0 Å². The molecule has 0 bridgehead atoms. The number of halogens is 1. The van der Waals surface area contributed by atoms with Crippen LogP contribution in [0.3, 0.4) is 0 Å². The van der Waals surface area contributed by atoms with Crippen molar-refractivity contribution in [2.75, 3.05) is 26.2 Å². The summed E-state index contributed by atoms with van der Waals surface area (Å²) in [7, 11) is 0. The van der Waals surface area contributed by atoms with Gasteiger partial charge < -0.3 is 4.90 Å². The lowest BCUT2D eigenvalue weighted by molar-refractivity contribution is -0.134. The number of likely N-dealkylation sites (tertiary alicyclic amines) is 2. The van der Waals surface area contributed by atoms with Crippen LogP contribution >= 0.6 is 0 Å². The van der Waals surface area contributed by atoms with E-state index in [1.165, 1.54) is 18.6 Å². The van der Waals surface area contributed by atoms with E-state index in [1.54, 1.807) is 0 Å². The third-order valence-corrected chi connectivity index (χ3v) is 4.97. The molecule has 2 aliphatic rings. The highest BCUT2D eigenvalue weighted by molar-refractivity contribution is 5.78. The number of nitrogens with zero attached hydrogens (tertiary/aromatic N) is 2. The number of carbonyl (C=O) groups is 1. The van der Waals surface area contributed by atoms with Crippen LogP contribution in [0.5, 0.6) is 0 Å². The van der Waals surface area contributed by atoms with Crippen molar-refractivity contribution in [3.63, 3.8) is 0 Å². The molecule has 2 heterocycles. The smallest absolute Gasteiger partial charge is 0.236 e. The Morgan fingerprint density at radius 3 is 2.64 bits per heavy atom. The predicted molar refractivity (Wildman–Crippen MR) is 84.9 cm³/mol. The molecule has 0 spiro atoms. The molecule has 120 valence electrons. The monoisotopic (exact) mass is 304 g/mol. The number of piperidine rings is 1. The van der Waals surface area contributed by atoms with Crippen molar-refractivity contribution in [1.82, 2.24) is 9.80 Å². The van der Waals surface area contributed by atoms with Crippen LogP contribution in [0.15, 0.2) is 24.3 Å². The fourth-order valence-electron chi connectivity index (χ4n) is 3.77. The number of hydrogen-bond acceptors (Lipinski definition) is 2. The van der Waals surface area contributed by atoms with E-state index in [2.05, 4.69) is 11.8 Å². The van der Waals surface area contributed by atoms with Crippen LogP contribution in [0.4, 0.5) is 4.39 Å². The summed E-state index contributed by atoms with van der Waals surface area (Å²) < 4.78 is 13.1. The van der Waals surface area contributed by atoms with E-state index in [1.807, 2.05) is 17.0 Å². The normalized spacial score (nSPS) is 26.4. The lowest BCUT2D eigenvalue weighted by atomic mass is 10.0. The van der Waals surface area contributed by atoms with Gasteiger partial charge in [-0.2, -0.15) is 0 Å². The molecular formula is C18H25FN2O. The molecule has 0 unspecified atom stereocenters. The zero-order valence-corrected chi connectivity index (χ0v) is 13.3. The van der Waals surface area contributed by atoms with Gasteiger partial charge in [0.05, 0.1) is 6.54 Å². The molecule has 1 amide bonds. The van der Waals surface area contributed by atoms with E-state index in [4.69, 9.17) is 0 Å². The Labute approximate surface area is 132 Å². The Hall–Kier alpha value is -1.42. The van der Waals surface area contributed by atoms with Crippen LogP contribution < -0.4 is 0 Å². The van der Waals surface area contributed by atoms with Crippen LogP contribution in [0, 0.1) is 11.7 Å². The third kappa shape index (κ3) is 3.49. The second-order valence-corrected chi connectivity index (χ2v) is 6.77. The van der Waals surface area contributed by atoms with Gasteiger partial charge in [0.1, 0.15) is 5.82 Å². The second-order valence-electron chi connectivity index (χ2n) is 6.77.